The molecule has 0 aliphatic heterocycles. The van der Waals surface area contributed by atoms with Gasteiger partial charge in [-0.3, -0.25) is 9.59 Å². The van der Waals surface area contributed by atoms with Crippen molar-refractivity contribution in [2.24, 2.45) is 0 Å². The second-order valence-electron chi connectivity index (χ2n) is 6.19. The largest absolute Gasteiger partial charge is 0.495 e. The standard InChI is InChI=1S/C22H20ClNO5S/c1-27-19-11-20(28-2)18(10-17(19)23)24-21(25)12-29-22(26)13-30-16-8-7-14-5-3-4-6-15(14)9-16/h3-11H,12-13H2,1-2H3,(H,24,25). The average molecular weight is 446 g/mol. The number of fused-ring (bicyclic) bond motifs is 1. The van der Waals surface area contributed by atoms with Crippen LogP contribution in [-0.2, 0) is 14.3 Å². The number of halogens is 1. The van der Waals surface area contributed by atoms with Crippen molar-refractivity contribution in [1.29, 1.82) is 0 Å². The molecule has 0 spiro atoms. The summed E-state index contributed by atoms with van der Waals surface area (Å²) in [5, 5.41) is 5.17. The second-order valence-corrected chi connectivity index (χ2v) is 7.65. The van der Waals surface area contributed by atoms with Gasteiger partial charge in [-0.2, -0.15) is 0 Å². The summed E-state index contributed by atoms with van der Waals surface area (Å²) in [5.41, 5.74) is 0.356. The molecule has 0 aliphatic rings. The topological polar surface area (TPSA) is 73.9 Å². The van der Waals surface area contributed by atoms with Crippen LogP contribution in [0.1, 0.15) is 0 Å². The molecular weight excluding hydrogens is 426 g/mol. The number of thioether (sulfide) groups is 1. The predicted octanol–water partition coefficient (Wildman–Crippen LogP) is 4.78. The van der Waals surface area contributed by atoms with Crippen molar-refractivity contribution < 1.29 is 23.8 Å². The maximum Gasteiger partial charge on any atom is 0.316 e. The van der Waals surface area contributed by atoms with E-state index in [1.54, 1.807) is 6.07 Å². The fourth-order valence-corrected chi connectivity index (χ4v) is 3.71. The highest BCUT2D eigenvalue weighted by Gasteiger charge is 2.14. The van der Waals surface area contributed by atoms with Crippen LogP contribution in [0.4, 0.5) is 5.69 Å². The Morgan fingerprint density at radius 1 is 0.967 bits per heavy atom. The quantitative estimate of drug-likeness (QED) is 0.397. The minimum atomic E-state index is -0.501. The van der Waals surface area contributed by atoms with Gasteiger partial charge in [-0.05, 0) is 29.0 Å². The third-order valence-corrected chi connectivity index (χ3v) is 5.45. The second kappa shape index (κ2) is 10.2. The Labute approximate surface area is 183 Å². The van der Waals surface area contributed by atoms with E-state index in [0.29, 0.717) is 22.2 Å². The molecule has 30 heavy (non-hydrogen) atoms. The molecule has 0 radical (unpaired) electrons. The highest BCUT2D eigenvalue weighted by molar-refractivity contribution is 8.00. The third kappa shape index (κ3) is 5.58. The number of nitrogens with one attached hydrogen (secondary N) is 1. The molecule has 8 heteroatoms. The predicted molar refractivity (Wildman–Crippen MR) is 119 cm³/mol. The number of benzene rings is 3. The Morgan fingerprint density at radius 2 is 1.70 bits per heavy atom. The van der Waals surface area contributed by atoms with E-state index in [2.05, 4.69) is 5.32 Å². The van der Waals surface area contributed by atoms with Crippen molar-refractivity contribution in [3.05, 3.63) is 59.6 Å². The van der Waals surface area contributed by atoms with E-state index in [1.807, 2.05) is 42.5 Å². The summed E-state index contributed by atoms with van der Waals surface area (Å²) in [6.07, 6.45) is 0. The van der Waals surface area contributed by atoms with Crippen molar-refractivity contribution in [3.63, 3.8) is 0 Å². The first-order chi connectivity index (χ1) is 14.5. The molecule has 0 aliphatic carbocycles. The van der Waals surface area contributed by atoms with Crippen LogP contribution in [0.2, 0.25) is 5.02 Å². The number of carbonyl (C=O) groups is 2. The number of esters is 1. The van der Waals surface area contributed by atoms with Crippen molar-refractivity contribution in [2.75, 3.05) is 31.9 Å². The number of amides is 1. The van der Waals surface area contributed by atoms with Crippen LogP contribution in [0.15, 0.2) is 59.5 Å². The highest BCUT2D eigenvalue weighted by Crippen LogP contribution is 2.35. The first kappa shape index (κ1) is 21.8. The summed E-state index contributed by atoms with van der Waals surface area (Å²) in [7, 11) is 2.94. The zero-order valence-corrected chi connectivity index (χ0v) is 18.0. The Bertz CT molecular complexity index is 1070. The number of hydrogen-bond donors (Lipinski definition) is 1. The highest BCUT2D eigenvalue weighted by atomic mass is 35.5. The number of anilines is 1. The minimum Gasteiger partial charge on any atom is -0.495 e. The molecule has 0 heterocycles. The summed E-state index contributed by atoms with van der Waals surface area (Å²) in [5.74, 6) is -0.0865. The summed E-state index contributed by atoms with van der Waals surface area (Å²) in [6, 6.07) is 17.0. The third-order valence-electron chi connectivity index (χ3n) is 4.19. The molecule has 3 aromatic carbocycles. The molecule has 6 nitrogen and oxygen atoms in total. The van der Waals surface area contributed by atoms with Gasteiger partial charge in [0, 0.05) is 11.0 Å². The number of methoxy groups -OCH3 is 2. The van der Waals surface area contributed by atoms with E-state index in [0.717, 1.165) is 15.7 Å². The van der Waals surface area contributed by atoms with Gasteiger partial charge >= 0.3 is 5.97 Å². The van der Waals surface area contributed by atoms with Crippen molar-refractivity contribution >= 4 is 51.7 Å². The van der Waals surface area contributed by atoms with Crippen LogP contribution >= 0.6 is 23.4 Å². The molecule has 0 aromatic heterocycles. The molecule has 3 aromatic rings. The normalized spacial score (nSPS) is 10.5. The van der Waals surface area contributed by atoms with E-state index >= 15 is 0 Å². The summed E-state index contributed by atoms with van der Waals surface area (Å²) in [6.45, 7) is -0.413. The Hall–Kier alpha value is -2.90. The van der Waals surface area contributed by atoms with E-state index < -0.39 is 18.5 Å². The lowest BCUT2D eigenvalue weighted by molar-refractivity contribution is -0.144. The average Bonchev–Trinajstić information content (AvgIpc) is 2.76. The molecule has 3 rings (SSSR count). The molecule has 0 bridgehead atoms. The van der Waals surface area contributed by atoms with E-state index in [9.17, 15) is 9.59 Å². The van der Waals surface area contributed by atoms with Crippen LogP contribution in [0.5, 0.6) is 11.5 Å². The Balaban J connectivity index is 1.50. The van der Waals surface area contributed by atoms with E-state index in [-0.39, 0.29) is 5.75 Å². The lowest BCUT2D eigenvalue weighted by Gasteiger charge is -2.13. The van der Waals surface area contributed by atoms with Crippen LogP contribution in [0.3, 0.4) is 0 Å². The van der Waals surface area contributed by atoms with Crippen LogP contribution in [0.25, 0.3) is 10.8 Å². The molecule has 1 N–H and O–H groups in total. The first-order valence-corrected chi connectivity index (χ1v) is 10.3. The van der Waals surface area contributed by atoms with Crippen LogP contribution in [0, 0.1) is 0 Å². The lowest BCUT2D eigenvalue weighted by atomic mass is 10.1. The molecule has 156 valence electrons. The van der Waals surface area contributed by atoms with Gasteiger partial charge in [0.05, 0.1) is 30.7 Å². The molecular formula is C22H20ClNO5S. The number of hydrogen-bond acceptors (Lipinski definition) is 6. The van der Waals surface area contributed by atoms with Crippen LogP contribution < -0.4 is 14.8 Å². The summed E-state index contributed by atoms with van der Waals surface area (Å²) >= 11 is 7.44. The van der Waals surface area contributed by atoms with Gasteiger partial charge in [-0.25, -0.2) is 0 Å². The van der Waals surface area contributed by atoms with E-state index in [4.69, 9.17) is 25.8 Å². The van der Waals surface area contributed by atoms with Crippen molar-refractivity contribution in [2.45, 2.75) is 4.90 Å². The number of carbonyl (C=O) groups excluding carboxylic acids is 2. The van der Waals surface area contributed by atoms with E-state index in [1.165, 1.54) is 32.0 Å². The fourth-order valence-electron chi connectivity index (χ4n) is 2.73. The van der Waals surface area contributed by atoms with Gasteiger partial charge in [-0.15, -0.1) is 11.8 Å². The molecule has 1 amide bonds. The van der Waals surface area contributed by atoms with Gasteiger partial charge < -0.3 is 19.5 Å². The van der Waals surface area contributed by atoms with Gasteiger partial charge in [0.15, 0.2) is 6.61 Å². The SMILES string of the molecule is COc1cc(OC)c(NC(=O)COC(=O)CSc2ccc3ccccc3c2)cc1Cl. The molecule has 0 atom stereocenters. The molecule has 0 unspecified atom stereocenters. The fraction of sp³-hybridized carbons (Fsp3) is 0.182. The zero-order valence-electron chi connectivity index (χ0n) is 16.4. The van der Waals surface area contributed by atoms with Crippen molar-refractivity contribution in [3.8, 4) is 11.5 Å². The first-order valence-electron chi connectivity index (χ1n) is 8.98. The Morgan fingerprint density at radius 3 is 2.43 bits per heavy atom. The van der Waals surface area contributed by atoms with Gasteiger partial charge in [0.1, 0.15) is 11.5 Å². The lowest BCUT2D eigenvalue weighted by Crippen LogP contribution is -2.22. The van der Waals surface area contributed by atoms with Gasteiger partial charge in [0.2, 0.25) is 0 Å². The maximum absolute atomic E-state index is 12.1. The number of ether oxygens (including phenoxy) is 3. The monoisotopic (exact) mass is 445 g/mol. The smallest absolute Gasteiger partial charge is 0.316 e. The van der Waals surface area contributed by atoms with Crippen molar-refractivity contribution in [1.82, 2.24) is 0 Å². The summed E-state index contributed by atoms with van der Waals surface area (Å²) in [4.78, 5) is 25.1. The Kier molecular flexibility index (Phi) is 7.43. The molecule has 0 fully saturated rings. The summed E-state index contributed by atoms with van der Waals surface area (Å²) < 4.78 is 15.4. The van der Waals surface area contributed by atoms with Gasteiger partial charge in [0.25, 0.3) is 5.91 Å². The minimum absolute atomic E-state index is 0.101. The van der Waals surface area contributed by atoms with Gasteiger partial charge in [-0.1, -0.05) is 41.9 Å². The number of rotatable bonds is 8. The molecule has 0 saturated carbocycles. The maximum atomic E-state index is 12.1. The molecule has 0 saturated heterocycles. The zero-order chi connectivity index (χ0) is 21.5. The van der Waals surface area contributed by atoms with Crippen LogP contribution in [-0.4, -0.2) is 38.5 Å².